The first-order valence-corrected chi connectivity index (χ1v) is 2.13. The van der Waals surface area contributed by atoms with Gasteiger partial charge in [-0.05, 0) is 24.1 Å². The molecule has 0 fully saturated rings. The van der Waals surface area contributed by atoms with Crippen molar-refractivity contribution >= 4 is 0 Å². The second-order valence-electron chi connectivity index (χ2n) is 1.64. The molecule has 0 nitrogen and oxygen atoms in total. The van der Waals surface area contributed by atoms with Crippen LogP contribution in [-0.2, 0) is 0 Å². The molecule has 0 heteroatoms. The molecule has 0 bridgehead atoms. The van der Waals surface area contributed by atoms with Crippen LogP contribution in [-0.4, -0.2) is 0 Å². The van der Waals surface area contributed by atoms with Gasteiger partial charge in [-0.2, -0.15) is 0 Å². The van der Waals surface area contributed by atoms with Gasteiger partial charge in [-0.1, -0.05) is 0 Å². The van der Waals surface area contributed by atoms with Crippen molar-refractivity contribution in [2.75, 3.05) is 0 Å². The quantitative estimate of drug-likeness (QED) is 0.383. The van der Waals surface area contributed by atoms with E-state index in [1.54, 1.807) is 0 Å². The lowest BCUT2D eigenvalue weighted by Gasteiger charge is -1.64. The van der Waals surface area contributed by atoms with E-state index in [-0.39, 0.29) is 0 Å². The van der Waals surface area contributed by atoms with Crippen LogP contribution in [0.15, 0.2) is 29.0 Å². The molecule has 0 saturated carbocycles. The van der Waals surface area contributed by atoms with Gasteiger partial charge in [-0.3, -0.25) is 0 Å². The second kappa shape index (κ2) is 0.528. The summed E-state index contributed by atoms with van der Waals surface area (Å²) in [4.78, 5) is 0. The monoisotopic (exact) mass is 76.0 g/mol. The molecule has 0 heterocycles. The first kappa shape index (κ1) is 2.44. The highest BCUT2D eigenvalue weighted by molar-refractivity contribution is 5.60. The molecule has 0 atom stereocenters. The van der Waals surface area contributed by atoms with Crippen LogP contribution in [0.3, 0.4) is 0 Å². The minimum atomic E-state index is 1.15. The Hall–Kier alpha value is -0.740. The number of fused-ring (bicyclic) bond motifs is 1. The summed E-state index contributed by atoms with van der Waals surface area (Å²) < 4.78 is 0. The molecule has 0 aliphatic heterocycles. The zero-order chi connectivity index (χ0) is 3.98. The van der Waals surface area contributed by atoms with Gasteiger partial charge in [-0.15, -0.1) is 5.73 Å². The van der Waals surface area contributed by atoms with Crippen molar-refractivity contribution < 1.29 is 0 Å². The third-order valence-corrected chi connectivity index (χ3v) is 1.16. The summed E-state index contributed by atoms with van der Waals surface area (Å²) >= 11 is 0. The lowest BCUT2D eigenvalue weighted by molar-refractivity contribution is 1.40. The summed E-state index contributed by atoms with van der Waals surface area (Å²) in [5.74, 6) is 0. The predicted octanol–water partition coefficient (Wildman–Crippen LogP) is 1.41. The molecule has 0 aromatic rings. The first-order valence-electron chi connectivity index (χ1n) is 2.13. The van der Waals surface area contributed by atoms with Crippen LogP contribution in [0.5, 0.6) is 0 Å². The van der Waals surface area contributed by atoms with Crippen LogP contribution in [0, 0.1) is 0 Å². The smallest absolute Gasteiger partial charge is 0.0200 e. The molecule has 0 unspecified atom stereocenters. The van der Waals surface area contributed by atoms with Gasteiger partial charge in [0, 0.05) is 5.57 Å². The normalized spacial score (nSPS) is 22.7. The van der Waals surface area contributed by atoms with Gasteiger partial charge in [-0.25, -0.2) is 0 Å². The van der Waals surface area contributed by atoms with Gasteiger partial charge in [0.15, 0.2) is 0 Å². The Kier molecular flexibility index (Phi) is 0.214. The van der Waals surface area contributed by atoms with E-state index in [4.69, 9.17) is 0 Å². The van der Waals surface area contributed by atoms with Crippen LogP contribution in [0.25, 0.3) is 0 Å². The van der Waals surface area contributed by atoms with E-state index in [0.717, 1.165) is 6.42 Å². The Labute approximate surface area is 36.5 Å². The Morgan fingerprint density at radius 3 is 2.83 bits per heavy atom. The van der Waals surface area contributed by atoms with Gasteiger partial charge in [0.25, 0.3) is 0 Å². The lowest BCUT2D eigenvalue weighted by atomic mass is 10.4. The largest absolute Gasteiger partial charge is 0.117 e. The summed E-state index contributed by atoms with van der Waals surface area (Å²) in [6.07, 6.45) is 5.39. The van der Waals surface area contributed by atoms with Crippen LogP contribution in [0.1, 0.15) is 6.42 Å². The molecule has 0 radical (unpaired) electrons. The molecule has 2 rings (SSSR count). The van der Waals surface area contributed by atoms with E-state index < -0.39 is 0 Å². The molecule has 28 valence electrons. The zero-order valence-corrected chi connectivity index (χ0v) is 3.36. The van der Waals surface area contributed by atoms with Crippen molar-refractivity contribution in [1.82, 2.24) is 0 Å². The van der Waals surface area contributed by atoms with Crippen molar-refractivity contribution in [2.45, 2.75) is 6.42 Å². The number of hydrogen-bond donors (Lipinski definition) is 0. The first-order chi connectivity index (χ1) is 2.97. The summed E-state index contributed by atoms with van der Waals surface area (Å²) in [5, 5.41) is 0. The molecule has 0 saturated heterocycles. The Morgan fingerprint density at radius 2 is 2.67 bits per heavy atom. The van der Waals surface area contributed by atoms with Gasteiger partial charge in [0.2, 0.25) is 0 Å². The molecule has 0 aromatic carbocycles. The predicted molar refractivity (Wildman–Crippen MR) is 24.3 cm³/mol. The standard InChI is InChI=1S/C6H4/c1-2-5-4-6(5)3-1/h1,4H,2H2. The zero-order valence-electron chi connectivity index (χ0n) is 3.36. The highest BCUT2D eigenvalue weighted by Crippen LogP contribution is 2.33. The molecule has 0 amide bonds. The third-order valence-electron chi connectivity index (χ3n) is 1.16. The minimum absolute atomic E-state index is 1.15. The number of hydrogen-bond acceptors (Lipinski definition) is 0. The van der Waals surface area contributed by atoms with Crippen molar-refractivity contribution in [3.63, 3.8) is 0 Å². The second-order valence-corrected chi connectivity index (χ2v) is 1.64. The maximum absolute atomic E-state index is 3.09. The van der Waals surface area contributed by atoms with E-state index in [9.17, 15) is 0 Å². The van der Waals surface area contributed by atoms with Gasteiger partial charge < -0.3 is 0 Å². The van der Waals surface area contributed by atoms with Crippen molar-refractivity contribution in [2.24, 2.45) is 0 Å². The SMILES string of the molecule is C1=CCC2=CC=12. The van der Waals surface area contributed by atoms with E-state index in [0.29, 0.717) is 0 Å². The van der Waals surface area contributed by atoms with E-state index in [2.05, 4.69) is 17.9 Å². The molecule has 6 heavy (non-hydrogen) atoms. The maximum atomic E-state index is 3.09. The molecule has 0 spiro atoms. The van der Waals surface area contributed by atoms with Crippen LogP contribution >= 0.6 is 0 Å². The molecule has 2 aliphatic carbocycles. The Morgan fingerprint density at radius 1 is 1.67 bits per heavy atom. The fourth-order valence-electron chi connectivity index (χ4n) is 0.712. The van der Waals surface area contributed by atoms with Gasteiger partial charge in [0.05, 0.1) is 0 Å². The van der Waals surface area contributed by atoms with Crippen LogP contribution in [0.4, 0.5) is 0 Å². The third kappa shape index (κ3) is 0.131. The Balaban J connectivity index is 2.69. The van der Waals surface area contributed by atoms with Gasteiger partial charge >= 0.3 is 0 Å². The molecule has 2 aliphatic rings. The van der Waals surface area contributed by atoms with Crippen molar-refractivity contribution in [3.05, 3.63) is 29.0 Å². The highest BCUT2D eigenvalue weighted by atomic mass is 14.2. The summed E-state index contributed by atoms with van der Waals surface area (Å²) in [7, 11) is 0. The lowest BCUT2D eigenvalue weighted by Crippen LogP contribution is -1.47. The molecule has 0 aromatic heterocycles. The van der Waals surface area contributed by atoms with Gasteiger partial charge in [0.1, 0.15) is 0 Å². The van der Waals surface area contributed by atoms with Crippen LogP contribution < -0.4 is 0 Å². The Bertz CT molecular complexity index is 176. The fourth-order valence-corrected chi connectivity index (χ4v) is 0.712. The maximum Gasteiger partial charge on any atom is 0.0200 e. The molecule has 0 N–H and O–H groups in total. The van der Waals surface area contributed by atoms with E-state index >= 15 is 0 Å². The average Bonchev–Trinajstić information content (AvgIpc) is 2.17. The van der Waals surface area contributed by atoms with E-state index in [1.165, 1.54) is 11.1 Å². The fraction of sp³-hybridized carbons (Fsp3) is 0.167. The van der Waals surface area contributed by atoms with Crippen LogP contribution in [0.2, 0.25) is 0 Å². The molecular weight excluding hydrogens is 72.1 g/mol. The number of allylic oxidation sites excluding steroid dienone is 3. The minimum Gasteiger partial charge on any atom is -0.117 e. The highest BCUT2D eigenvalue weighted by Gasteiger charge is 2.16. The average molecular weight is 76.1 g/mol. The summed E-state index contributed by atoms with van der Waals surface area (Å²) in [5.41, 5.74) is 5.94. The van der Waals surface area contributed by atoms with Crippen molar-refractivity contribution in [3.8, 4) is 0 Å². The van der Waals surface area contributed by atoms with Crippen molar-refractivity contribution in [1.29, 1.82) is 0 Å². The molecular formula is C6H4. The summed E-state index contributed by atoms with van der Waals surface area (Å²) in [6.45, 7) is 0. The van der Waals surface area contributed by atoms with E-state index in [1.807, 2.05) is 0 Å². The summed E-state index contributed by atoms with van der Waals surface area (Å²) in [6, 6.07) is 0. The topological polar surface area (TPSA) is 0 Å². The number of rotatable bonds is 0.